The van der Waals surface area contributed by atoms with E-state index in [0.717, 1.165) is 56.9 Å². The predicted octanol–water partition coefficient (Wildman–Crippen LogP) is 6.03. The highest BCUT2D eigenvalue weighted by Crippen LogP contribution is 2.32. The van der Waals surface area contributed by atoms with Crippen LogP contribution in [0.4, 0.5) is 0 Å². The summed E-state index contributed by atoms with van der Waals surface area (Å²) < 4.78 is 6.07. The molecule has 182 valence electrons. The van der Waals surface area contributed by atoms with Crippen molar-refractivity contribution in [1.29, 1.82) is 0 Å². The number of rotatable bonds is 9. The number of nitrogens with one attached hydrogen (secondary N) is 1. The van der Waals surface area contributed by atoms with Gasteiger partial charge < -0.3 is 15.2 Å². The minimum atomic E-state index is -0.925. The first-order valence-electron chi connectivity index (χ1n) is 12.5. The molecule has 0 radical (unpaired) electrons. The van der Waals surface area contributed by atoms with Gasteiger partial charge >= 0.3 is 5.97 Å². The Morgan fingerprint density at radius 1 is 1.00 bits per heavy atom. The molecular weight excluding hydrogens is 450 g/mol. The van der Waals surface area contributed by atoms with E-state index in [4.69, 9.17) is 16.3 Å². The van der Waals surface area contributed by atoms with Gasteiger partial charge in [-0.2, -0.15) is 0 Å². The topological polar surface area (TPSA) is 75.6 Å². The number of benzene rings is 2. The lowest BCUT2D eigenvalue weighted by Gasteiger charge is -2.30. The van der Waals surface area contributed by atoms with E-state index >= 15 is 0 Å². The number of carboxylic acid groups (broad SMARTS) is 1. The first-order valence-corrected chi connectivity index (χ1v) is 12.8. The summed E-state index contributed by atoms with van der Waals surface area (Å²) in [5.74, 6) is -0.321. The fourth-order valence-corrected chi connectivity index (χ4v) is 5.67. The van der Waals surface area contributed by atoms with Gasteiger partial charge in [-0.15, -0.1) is 0 Å². The summed E-state index contributed by atoms with van der Waals surface area (Å²) in [6.07, 6.45) is 8.47. The molecule has 2 aromatic carbocycles. The van der Waals surface area contributed by atoms with Gasteiger partial charge in [0.1, 0.15) is 0 Å². The lowest BCUT2D eigenvalue weighted by molar-refractivity contribution is -0.128. The highest BCUT2D eigenvalue weighted by Gasteiger charge is 2.32. The number of carboxylic acids is 1. The van der Waals surface area contributed by atoms with Crippen LogP contribution in [0, 0.1) is 11.8 Å². The Morgan fingerprint density at radius 3 is 2.50 bits per heavy atom. The van der Waals surface area contributed by atoms with E-state index in [9.17, 15) is 14.7 Å². The Hall–Kier alpha value is -2.37. The van der Waals surface area contributed by atoms with Crippen molar-refractivity contribution in [3.8, 4) is 0 Å². The third-order valence-corrected chi connectivity index (χ3v) is 7.68. The second-order valence-corrected chi connectivity index (χ2v) is 10.2. The quantitative estimate of drug-likeness (QED) is 0.456. The molecule has 0 heterocycles. The molecule has 0 aromatic heterocycles. The number of hydrogen-bond acceptors (Lipinski definition) is 3. The van der Waals surface area contributed by atoms with Crippen LogP contribution in [-0.2, 0) is 22.6 Å². The van der Waals surface area contributed by atoms with E-state index in [-0.39, 0.29) is 24.0 Å². The summed E-state index contributed by atoms with van der Waals surface area (Å²) in [6.45, 7) is 0.627. The molecule has 0 saturated heterocycles. The fourth-order valence-electron chi connectivity index (χ4n) is 5.47. The molecule has 0 spiro atoms. The third-order valence-electron chi connectivity index (χ3n) is 7.44. The van der Waals surface area contributed by atoms with Gasteiger partial charge in [0, 0.05) is 17.0 Å². The summed E-state index contributed by atoms with van der Waals surface area (Å²) in [7, 11) is 0. The first-order chi connectivity index (χ1) is 16.5. The molecule has 2 N–H and O–H groups in total. The summed E-state index contributed by atoms with van der Waals surface area (Å²) in [5, 5.41) is 13.4. The zero-order valence-electron chi connectivity index (χ0n) is 19.5. The van der Waals surface area contributed by atoms with Crippen molar-refractivity contribution in [2.24, 2.45) is 11.8 Å². The molecule has 2 aliphatic carbocycles. The second-order valence-electron chi connectivity index (χ2n) is 9.72. The molecule has 0 aliphatic heterocycles. The lowest BCUT2D eigenvalue weighted by atomic mass is 9.86. The van der Waals surface area contributed by atoms with Crippen LogP contribution in [0.2, 0.25) is 5.02 Å². The van der Waals surface area contributed by atoms with Crippen molar-refractivity contribution in [3.05, 3.63) is 70.2 Å². The van der Waals surface area contributed by atoms with Crippen LogP contribution < -0.4 is 5.32 Å². The van der Waals surface area contributed by atoms with Crippen molar-refractivity contribution in [1.82, 2.24) is 5.32 Å². The number of aryl methyl sites for hydroxylation is 1. The van der Waals surface area contributed by atoms with Gasteiger partial charge in [0.25, 0.3) is 0 Å². The normalized spacial score (nSPS) is 24.6. The Bertz CT molecular complexity index is 972. The number of amides is 1. The molecule has 2 atom stereocenters. The molecule has 2 aliphatic rings. The Kier molecular flexibility index (Phi) is 8.63. The van der Waals surface area contributed by atoms with E-state index in [1.807, 2.05) is 18.2 Å². The standard InChI is InChI=1S/C28H34ClNO4/c29-23-13-16-25(28(32)33)22(17-23)10-9-20-7-4-8-26(20)30-27(31)21-11-14-24(15-12-21)34-18-19-5-2-1-3-6-19/h1-3,5-6,13,16-17,20-21,24,26H,4,7-12,14-15,18H2,(H,30,31)(H,32,33)/t20-,21-,24-,26-/m0/s1. The lowest BCUT2D eigenvalue weighted by Crippen LogP contribution is -2.42. The largest absolute Gasteiger partial charge is 0.478 e. The molecule has 2 saturated carbocycles. The fraction of sp³-hybridized carbons (Fsp3) is 0.500. The van der Waals surface area contributed by atoms with Crippen molar-refractivity contribution < 1.29 is 19.4 Å². The zero-order valence-corrected chi connectivity index (χ0v) is 20.3. The molecular formula is C28H34ClNO4. The average molecular weight is 484 g/mol. The summed E-state index contributed by atoms with van der Waals surface area (Å²) in [4.78, 5) is 24.5. The van der Waals surface area contributed by atoms with Crippen LogP contribution in [0.15, 0.2) is 48.5 Å². The maximum absolute atomic E-state index is 13.0. The predicted molar refractivity (Wildman–Crippen MR) is 133 cm³/mol. The second kappa shape index (κ2) is 11.9. The van der Waals surface area contributed by atoms with Crippen molar-refractivity contribution in [3.63, 3.8) is 0 Å². The molecule has 6 heteroatoms. The number of aromatic carboxylic acids is 1. The van der Waals surface area contributed by atoms with Crippen LogP contribution in [0.1, 0.15) is 72.9 Å². The first kappa shape index (κ1) is 24.7. The van der Waals surface area contributed by atoms with Gasteiger partial charge in [0.2, 0.25) is 5.91 Å². The van der Waals surface area contributed by atoms with E-state index in [1.54, 1.807) is 18.2 Å². The van der Waals surface area contributed by atoms with Crippen LogP contribution in [0.25, 0.3) is 0 Å². The molecule has 2 fully saturated rings. The van der Waals surface area contributed by atoms with Crippen molar-refractivity contribution in [2.45, 2.75) is 76.5 Å². The molecule has 5 nitrogen and oxygen atoms in total. The smallest absolute Gasteiger partial charge is 0.335 e. The van der Waals surface area contributed by atoms with Crippen LogP contribution in [0.5, 0.6) is 0 Å². The number of carbonyl (C=O) groups is 2. The van der Waals surface area contributed by atoms with E-state index in [0.29, 0.717) is 29.5 Å². The van der Waals surface area contributed by atoms with Gasteiger partial charge in [-0.25, -0.2) is 4.79 Å². The zero-order chi connectivity index (χ0) is 23.9. The number of halogens is 1. The molecule has 0 bridgehead atoms. The van der Waals surface area contributed by atoms with Gasteiger partial charge in [-0.05, 0) is 86.6 Å². The number of hydrogen-bond donors (Lipinski definition) is 2. The van der Waals surface area contributed by atoms with Gasteiger partial charge in [-0.3, -0.25) is 4.79 Å². The minimum Gasteiger partial charge on any atom is -0.478 e. The van der Waals surface area contributed by atoms with Gasteiger partial charge in [-0.1, -0.05) is 48.4 Å². The SMILES string of the molecule is O=C(O)c1ccc(Cl)cc1CC[C@@H]1CCC[C@@H]1NC(=O)[C@H]1CC[C@H](OCc2ccccc2)CC1. The number of carbonyl (C=O) groups excluding carboxylic acids is 1. The summed E-state index contributed by atoms with van der Waals surface area (Å²) in [5.41, 5.74) is 2.27. The molecule has 34 heavy (non-hydrogen) atoms. The maximum atomic E-state index is 13.0. The van der Waals surface area contributed by atoms with Gasteiger partial charge in [0.15, 0.2) is 0 Å². The number of ether oxygens (including phenoxy) is 1. The average Bonchev–Trinajstić information content (AvgIpc) is 3.29. The highest BCUT2D eigenvalue weighted by atomic mass is 35.5. The van der Waals surface area contributed by atoms with Crippen molar-refractivity contribution >= 4 is 23.5 Å². The Labute approximate surface area is 206 Å². The van der Waals surface area contributed by atoms with E-state index in [2.05, 4.69) is 17.4 Å². The molecule has 2 aromatic rings. The molecule has 4 rings (SSSR count). The van der Waals surface area contributed by atoms with Crippen LogP contribution >= 0.6 is 11.6 Å². The molecule has 0 unspecified atom stereocenters. The maximum Gasteiger partial charge on any atom is 0.335 e. The minimum absolute atomic E-state index is 0.0596. The Balaban J connectivity index is 1.23. The van der Waals surface area contributed by atoms with Gasteiger partial charge in [0.05, 0.1) is 18.3 Å². The summed E-state index contributed by atoms with van der Waals surface area (Å²) in [6, 6.07) is 15.3. The van der Waals surface area contributed by atoms with Crippen LogP contribution in [0.3, 0.4) is 0 Å². The van der Waals surface area contributed by atoms with E-state index < -0.39 is 5.97 Å². The highest BCUT2D eigenvalue weighted by molar-refractivity contribution is 6.30. The van der Waals surface area contributed by atoms with E-state index in [1.165, 1.54) is 5.56 Å². The third kappa shape index (κ3) is 6.61. The van der Waals surface area contributed by atoms with Crippen molar-refractivity contribution in [2.75, 3.05) is 0 Å². The molecule has 1 amide bonds. The summed E-state index contributed by atoms with van der Waals surface area (Å²) >= 11 is 6.10. The Morgan fingerprint density at radius 2 is 1.76 bits per heavy atom. The van der Waals surface area contributed by atoms with Crippen LogP contribution in [-0.4, -0.2) is 29.1 Å². The monoisotopic (exact) mass is 483 g/mol.